The Kier molecular flexibility index (Phi) is 5.26. The quantitative estimate of drug-likeness (QED) is 0.831. The molecule has 3 heteroatoms. The number of nitrogens with one attached hydrogen (secondary N) is 1. The van der Waals surface area contributed by atoms with Gasteiger partial charge in [0.1, 0.15) is 0 Å². The zero-order chi connectivity index (χ0) is 12.1. The Labute approximate surface area is 103 Å². The van der Waals surface area contributed by atoms with Gasteiger partial charge in [-0.1, -0.05) is 37.6 Å². The normalized spacial score (nSPS) is 15.1. The summed E-state index contributed by atoms with van der Waals surface area (Å²) in [5.41, 5.74) is 6.90. The van der Waals surface area contributed by atoms with Crippen LogP contribution in [-0.2, 0) is 0 Å². The molecule has 0 heterocycles. The summed E-state index contributed by atoms with van der Waals surface area (Å²) in [6.45, 7) is 7.16. The number of hydrogen-bond donors (Lipinski definition) is 2. The molecule has 2 unspecified atom stereocenters. The monoisotopic (exact) mass is 240 g/mol. The van der Waals surface area contributed by atoms with Gasteiger partial charge in [-0.25, -0.2) is 0 Å². The lowest BCUT2D eigenvalue weighted by Gasteiger charge is -2.26. The van der Waals surface area contributed by atoms with Crippen LogP contribution in [-0.4, -0.2) is 12.6 Å². The molecule has 1 aromatic carbocycles. The Balaban J connectivity index is 2.81. The van der Waals surface area contributed by atoms with Crippen molar-refractivity contribution >= 4 is 11.6 Å². The van der Waals surface area contributed by atoms with Crippen molar-refractivity contribution in [3.8, 4) is 0 Å². The van der Waals surface area contributed by atoms with E-state index in [4.69, 9.17) is 17.3 Å². The summed E-state index contributed by atoms with van der Waals surface area (Å²) >= 11 is 5.89. The Hall–Kier alpha value is -0.570. The fourth-order valence-corrected chi connectivity index (χ4v) is 1.84. The van der Waals surface area contributed by atoms with Crippen LogP contribution >= 0.6 is 11.6 Å². The number of hydrogen-bond acceptors (Lipinski definition) is 2. The van der Waals surface area contributed by atoms with E-state index in [-0.39, 0.29) is 0 Å². The summed E-state index contributed by atoms with van der Waals surface area (Å²) in [5.74, 6) is 0.523. The van der Waals surface area contributed by atoms with Gasteiger partial charge >= 0.3 is 0 Å². The highest BCUT2D eigenvalue weighted by molar-refractivity contribution is 6.30. The lowest BCUT2D eigenvalue weighted by Crippen LogP contribution is -2.38. The summed E-state index contributed by atoms with van der Waals surface area (Å²) < 4.78 is 0. The zero-order valence-corrected chi connectivity index (χ0v) is 11.0. The van der Waals surface area contributed by atoms with Crippen LogP contribution in [0.3, 0.4) is 0 Å². The molecule has 0 aliphatic rings. The largest absolute Gasteiger partial charge is 0.329 e. The summed E-state index contributed by atoms with van der Waals surface area (Å²) in [4.78, 5) is 0. The summed E-state index contributed by atoms with van der Waals surface area (Å²) in [7, 11) is 0. The molecule has 0 saturated heterocycles. The van der Waals surface area contributed by atoms with Crippen LogP contribution in [0.5, 0.6) is 0 Å². The first-order valence-electron chi connectivity index (χ1n) is 5.76. The van der Waals surface area contributed by atoms with Crippen molar-refractivity contribution in [3.63, 3.8) is 0 Å². The molecule has 1 rings (SSSR count). The molecular formula is C13H21ClN2. The number of benzene rings is 1. The lowest BCUT2D eigenvalue weighted by molar-refractivity contribution is 0.373. The van der Waals surface area contributed by atoms with Gasteiger partial charge in [-0.15, -0.1) is 0 Å². The summed E-state index contributed by atoms with van der Waals surface area (Å²) in [6, 6.07) is 8.66. The minimum absolute atomic E-state index is 0.322. The highest BCUT2D eigenvalue weighted by Gasteiger charge is 2.17. The topological polar surface area (TPSA) is 38.0 Å². The molecule has 0 spiro atoms. The Morgan fingerprint density at radius 3 is 2.19 bits per heavy atom. The van der Waals surface area contributed by atoms with Crippen molar-refractivity contribution in [2.24, 2.45) is 11.7 Å². The van der Waals surface area contributed by atoms with Crippen molar-refractivity contribution < 1.29 is 0 Å². The molecule has 0 bridgehead atoms. The molecule has 2 atom stereocenters. The number of rotatable bonds is 5. The molecule has 0 amide bonds. The second-order valence-corrected chi connectivity index (χ2v) is 5.01. The standard InChI is InChI=1S/C13H21ClN2/c1-9(2)13(16-10(3)8-15)11-4-6-12(14)7-5-11/h4-7,9-10,13,16H,8,15H2,1-3H3. The molecule has 3 N–H and O–H groups in total. The van der Waals surface area contributed by atoms with Gasteiger partial charge < -0.3 is 11.1 Å². The van der Waals surface area contributed by atoms with Gasteiger partial charge in [0, 0.05) is 23.7 Å². The summed E-state index contributed by atoms with van der Waals surface area (Å²) in [5, 5.41) is 4.31. The van der Waals surface area contributed by atoms with Gasteiger partial charge in [0.2, 0.25) is 0 Å². The van der Waals surface area contributed by atoms with Crippen LogP contribution < -0.4 is 11.1 Å². The third-order valence-corrected chi connectivity index (χ3v) is 2.97. The van der Waals surface area contributed by atoms with Crippen LogP contribution in [0.25, 0.3) is 0 Å². The maximum Gasteiger partial charge on any atom is 0.0406 e. The van der Waals surface area contributed by atoms with Crippen LogP contribution in [0, 0.1) is 5.92 Å². The molecule has 0 saturated carbocycles. The molecule has 0 aliphatic heterocycles. The van der Waals surface area contributed by atoms with E-state index in [0.717, 1.165) is 5.02 Å². The lowest BCUT2D eigenvalue weighted by atomic mass is 9.95. The molecular weight excluding hydrogens is 220 g/mol. The Morgan fingerprint density at radius 1 is 1.19 bits per heavy atom. The van der Waals surface area contributed by atoms with E-state index < -0.39 is 0 Å². The predicted molar refractivity (Wildman–Crippen MR) is 70.7 cm³/mol. The highest BCUT2D eigenvalue weighted by atomic mass is 35.5. The van der Waals surface area contributed by atoms with Gasteiger partial charge in [0.15, 0.2) is 0 Å². The van der Waals surface area contributed by atoms with Crippen molar-refractivity contribution in [2.45, 2.75) is 32.9 Å². The third kappa shape index (κ3) is 3.78. The van der Waals surface area contributed by atoms with Gasteiger partial charge in [0.05, 0.1) is 0 Å². The van der Waals surface area contributed by atoms with E-state index in [1.54, 1.807) is 0 Å². The smallest absolute Gasteiger partial charge is 0.0406 e. The molecule has 0 aromatic heterocycles. The van der Waals surface area contributed by atoms with E-state index in [9.17, 15) is 0 Å². The molecule has 0 aliphatic carbocycles. The van der Waals surface area contributed by atoms with Crippen molar-refractivity contribution in [1.29, 1.82) is 0 Å². The maximum absolute atomic E-state index is 5.89. The van der Waals surface area contributed by atoms with E-state index in [1.807, 2.05) is 12.1 Å². The first-order chi connectivity index (χ1) is 7.54. The molecule has 16 heavy (non-hydrogen) atoms. The minimum atomic E-state index is 0.322. The first kappa shape index (κ1) is 13.5. The average Bonchev–Trinajstić information content (AvgIpc) is 2.26. The van der Waals surface area contributed by atoms with Crippen molar-refractivity contribution in [1.82, 2.24) is 5.32 Å². The average molecular weight is 241 g/mol. The number of halogens is 1. The fraction of sp³-hybridized carbons (Fsp3) is 0.538. The fourth-order valence-electron chi connectivity index (χ4n) is 1.72. The second kappa shape index (κ2) is 6.24. The Bertz CT molecular complexity index is 308. The first-order valence-corrected chi connectivity index (χ1v) is 6.14. The van der Waals surface area contributed by atoms with E-state index >= 15 is 0 Å². The summed E-state index contributed by atoms with van der Waals surface area (Å²) in [6.07, 6.45) is 0. The van der Waals surface area contributed by atoms with E-state index in [1.165, 1.54) is 5.56 Å². The van der Waals surface area contributed by atoms with Crippen LogP contribution in [0.15, 0.2) is 24.3 Å². The zero-order valence-electron chi connectivity index (χ0n) is 10.2. The van der Waals surface area contributed by atoms with Gasteiger partial charge in [0.25, 0.3) is 0 Å². The van der Waals surface area contributed by atoms with Crippen molar-refractivity contribution in [2.75, 3.05) is 6.54 Å². The highest BCUT2D eigenvalue weighted by Crippen LogP contribution is 2.23. The van der Waals surface area contributed by atoms with E-state index in [2.05, 4.69) is 38.2 Å². The number of nitrogens with two attached hydrogens (primary N) is 1. The van der Waals surface area contributed by atoms with E-state index in [0.29, 0.717) is 24.5 Å². The third-order valence-electron chi connectivity index (χ3n) is 2.71. The van der Waals surface area contributed by atoms with Gasteiger partial charge in [-0.2, -0.15) is 0 Å². The van der Waals surface area contributed by atoms with Gasteiger partial charge in [-0.05, 0) is 30.5 Å². The van der Waals surface area contributed by atoms with Gasteiger partial charge in [-0.3, -0.25) is 0 Å². The predicted octanol–water partition coefficient (Wildman–Crippen LogP) is 2.97. The molecule has 0 fully saturated rings. The molecule has 90 valence electrons. The van der Waals surface area contributed by atoms with Crippen molar-refractivity contribution in [3.05, 3.63) is 34.9 Å². The molecule has 2 nitrogen and oxygen atoms in total. The molecule has 1 aromatic rings. The van der Waals surface area contributed by atoms with Crippen LogP contribution in [0.1, 0.15) is 32.4 Å². The maximum atomic E-state index is 5.89. The SMILES string of the molecule is CC(CN)NC(c1ccc(Cl)cc1)C(C)C. The minimum Gasteiger partial charge on any atom is -0.329 e. The molecule has 0 radical (unpaired) electrons. The van der Waals surface area contributed by atoms with Crippen LogP contribution in [0.4, 0.5) is 0 Å². The Morgan fingerprint density at radius 2 is 1.75 bits per heavy atom. The van der Waals surface area contributed by atoms with Crippen LogP contribution in [0.2, 0.25) is 5.02 Å². The second-order valence-electron chi connectivity index (χ2n) is 4.58.